The molecule has 0 saturated heterocycles. The normalized spacial score (nSPS) is 10.7. The highest BCUT2D eigenvalue weighted by molar-refractivity contribution is 7.21. The zero-order valence-electron chi connectivity index (χ0n) is 10.4. The Morgan fingerprint density at radius 3 is 2.55 bits per heavy atom. The standard InChI is InChI=1S/C13H9N3O3S/c1-19-11-7-6-10-13(15-11)20-12(14-10)8-2-4-9(5-3-8)16(17)18/h2-7H,1H3. The van der Waals surface area contributed by atoms with Gasteiger partial charge in [0.25, 0.3) is 5.69 Å². The average Bonchev–Trinajstić information content (AvgIpc) is 2.90. The van der Waals surface area contributed by atoms with Gasteiger partial charge >= 0.3 is 0 Å². The second-order valence-electron chi connectivity index (χ2n) is 4.00. The van der Waals surface area contributed by atoms with Crippen molar-refractivity contribution < 1.29 is 9.66 Å². The van der Waals surface area contributed by atoms with E-state index in [1.807, 2.05) is 6.07 Å². The Hall–Kier alpha value is -2.54. The number of nitro benzene ring substituents is 1. The number of non-ortho nitro benzene ring substituents is 1. The Kier molecular flexibility index (Phi) is 3.03. The zero-order chi connectivity index (χ0) is 14.1. The number of fused-ring (bicyclic) bond motifs is 1. The lowest BCUT2D eigenvalue weighted by molar-refractivity contribution is -0.384. The van der Waals surface area contributed by atoms with E-state index in [4.69, 9.17) is 4.74 Å². The van der Waals surface area contributed by atoms with Crippen LogP contribution in [0.4, 0.5) is 5.69 Å². The maximum atomic E-state index is 10.6. The molecule has 0 N–H and O–H groups in total. The molecule has 0 amide bonds. The van der Waals surface area contributed by atoms with Crippen molar-refractivity contribution in [1.29, 1.82) is 0 Å². The molecule has 0 unspecified atom stereocenters. The average molecular weight is 287 g/mol. The molecular formula is C13H9N3O3S. The molecule has 0 atom stereocenters. The number of thiazole rings is 1. The van der Waals surface area contributed by atoms with Gasteiger partial charge in [-0.2, -0.15) is 0 Å². The molecule has 0 bridgehead atoms. The van der Waals surface area contributed by atoms with Gasteiger partial charge in [0.05, 0.1) is 12.0 Å². The molecule has 100 valence electrons. The van der Waals surface area contributed by atoms with Crippen LogP contribution in [0.2, 0.25) is 0 Å². The van der Waals surface area contributed by atoms with Gasteiger partial charge in [-0.05, 0) is 18.2 Å². The monoisotopic (exact) mass is 287 g/mol. The Morgan fingerprint density at radius 2 is 1.90 bits per heavy atom. The smallest absolute Gasteiger partial charge is 0.269 e. The van der Waals surface area contributed by atoms with Gasteiger partial charge in [-0.3, -0.25) is 10.1 Å². The van der Waals surface area contributed by atoms with Gasteiger partial charge in [0.2, 0.25) is 5.88 Å². The highest BCUT2D eigenvalue weighted by Gasteiger charge is 2.10. The maximum Gasteiger partial charge on any atom is 0.269 e. The van der Waals surface area contributed by atoms with Gasteiger partial charge in [0, 0.05) is 23.8 Å². The van der Waals surface area contributed by atoms with E-state index in [-0.39, 0.29) is 5.69 Å². The number of hydrogen-bond donors (Lipinski definition) is 0. The third-order valence-electron chi connectivity index (χ3n) is 2.76. The van der Waals surface area contributed by atoms with E-state index in [1.54, 1.807) is 25.3 Å². The quantitative estimate of drug-likeness (QED) is 0.545. The lowest BCUT2D eigenvalue weighted by atomic mass is 10.2. The van der Waals surface area contributed by atoms with Gasteiger partial charge in [-0.15, -0.1) is 0 Å². The van der Waals surface area contributed by atoms with Crippen molar-refractivity contribution in [2.24, 2.45) is 0 Å². The van der Waals surface area contributed by atoms with Crippen LogP contribution in [0.25, 0.3) is 20.9 Å². The minimum atomic E-state index is -0.422. The molecule has 0 aliphatic rings. The number of ether oxygens (including phenoxy) is 1. The van der Waals surface area contributed by atoms with Gasteiger partial charge in [-0.1, -0.05) is 11.3 Å². The third-order valence-corrected chi connectivity index (χ3v) is 3.78. The highest BCUT2D eigenvalue weighted by Crippen LogP contribution is 2.30. The van der Waals surface area contributed by atoms with E-state index in [9.17, 15) is 10.1 Å². The molecule has 0 fully saturated rings. The molecule has 3 rings (SSSR count). The van der Waals surface area contributed by atoms with Crippen molar-refractivity contribution in [3.63, 3.8) is 0 Å². The first-order chi connectivity index (χ1) is 9.67. The molecule has 0 radical (unpaired) electrons. The number of hydrogen-bond acceptors (Lipinski definition) is 6. The van der Waals surface area contributed by atoms with E-state index in [1.165, 1.54) is 23.5 Å². The van der Waals surface area contributed by atoms with Gasteiger partial charge in [-0.25, -0.2) is 9.97 Å². The molecule has 20 heavy (non-hydrogen) atoms. The second-order valence-corrected chi connectivity index (χ2v) is 4.98. The van der Waals surface area contributed by atoms with Crippen molar-refractivity contribution in [2.45, 2.75) is 0 Å². The molecule has 7 heteroatoms. The number of methoxy groups -OCH3 is 1. The Labute approximate surface area is 117 Å². The van der Waals surface area contributed by atoms with Crippen LogP contribution in [0.15, 0.2) is 36.4 Å². The van der Waals surface area contributed by atoms with Crippen molar-refractivity contribution in [3.05, 3.63) is 46.5 Å². The Bertz CT molecular complexity index is 783. The van der Waals surface area contributed by atoms with Gasteiger partial charge in [0.15, 0.2) is 0 Å². The molecule has 0 spiro atoms. The molecule has 2 heterocycles. The largest absolute Gasteiger partial charge is 0.481 e. The first-order valence-corrected chi connectivity index (χ1v) is 6.55. The summed E-state index contributed by atoms with van der Waals surface area (Å²) in [6.07, 6.45) is 0. The van der Waals surface area contributed by atoms with Crippen LogP contribution in [0, 0.1) is 10.1 Å². The number of pyridine rings is 1. The third kappa shape index (κ3) is 2.19. The molecule has 6 nitrogen and oxygen atoms in total. The Balaban J connectivity index is 2.03. The second kappa shape index (κ2) is 4.86. The van der Waals surface area contributed by atoms with E-state index < -0.39 is 4.92 Å². The minimum absolute atomic E-state index is 0.0645. The summed E-state index contributed by atoms with van der Waals surface area (Å²) in [7, 11) is 1.56. The summed E-state index contributed by atoms with van der Waals surface area (Å²) in [5.74, 6) is 0.538. The van der Waals surface area contributed by atoms with Gasteiger partial charge in [0.1, 0.15) is 15.4 Å². The maximum absolute atomic E-state index is 10.6. The zero-order valence-corrected chi connectivity index (χ0v) is 11.3. The predicted molar refractivity (Wildman–Crippen MR) is 76.1 cm³/mol. The van der Waals surface area contributed by atoms with E-state index >= 15 is 0 Å². The first-order valence-electron chi connectivity index (χ1n) is 5.74. The fourth-order valence-electron chi connectivity index (χ4n) is 1.76. The fourth-order valence-corrected chi connectivity index (χ4v) is 2.70. The Morgan fingerprint density at radius 1 is 1.15 bits per heavy atom. The molecule has 2 aromatic heterocycles. The molecule has 3 aromatic rings. The summed E-state index contributed by atoms with van der Waals surface area (Å²) >= 11 is 1.42. The van der Waals surface area contributed by atoms with Gasteiger partial charge < -0.3 is 4.74 Å². The van der Waals surface area contributed by atoms with Crippen molar-refractivity contribution in [2.75, 3.05) is 7.11 Å². The molecule has 0 aliphatic carbocycles. The van der Waals surface area contributed by atoms with E-state index in [0.29, 0.717) is 5.88 Å². The number of rotatable bonds is 3. The van der Waals surface area contributed by atoms with Crippen LogP contribution in [-0.2, 0) is 0 Å². The molecule has 1 aromatic carbocycles. The highest BCUT2D eigenvalue weighted by atomic mass is 32.1. The molecule has 0 saturated carbocycles. The van der Waals surface area contributed by atoms with E-state index in [2.05, 4.69) is 9.97 Å². The summed E-state index contributed by atoms with van der Waals surface area (Å²) in [6.45, 7) is 0. The number of benzene rings is 1. The van der Waals surface area contributed by atoms with Crippen LogP contribution in [-0.4, -0.2) is 22.0 Å². The van der Waals surface area contributed by atoms with Crippen LogP contribution < -0.4 is 4.74 Å². The molecule has 0 aliphatic heterocycles. The van der Waals surface area contributed by atoms with Crippen LogP contribution in [0.1, 0.15) is 0 Å². The van der Waals surface area contributed by atoms with Crippen molar-refractivity contribution in [1.82, 2.24) is 9.97 Å². The van der Waals surface area contributed by atoms with E-state index in [0.717, 1.165) is 20.9 Å². The molecular weight excluding hydrogens is 278 g/mol. The lowest BCUT2D eigenvalue weighted by Gasteiger charge is -1.95. The first kappa shape index (κ1) is 12.5. The van der Waals surface area contributed by atoms with Crippen LogP contribution in [0.3, 0.4) is 0 Å². The number of nitro groups is 1. The van der Waals surface area contributed by atoms with Crippen LogP contribution in [0.5, 0.6) is 5.88 Å². The SMILES string of the molecule is COc1ccc2nc(-c3ccc([N+](=O)[O-])cc3)sc2n1. The number of aromatic nitrogens is 2. The van der Waals surface area contributed by atoms with Crippen molar-refractivity contribution >= 4 is 27.4 Å². The number of nitrogens with zero attached hydrogens (tertiary/aromatic N) is 3. The summed E-state index contributed by atoms with van der Waals surface area (Å²) in [5.41, 5.74) is 1.68. The fraction of sp³-hybridized carbons (Fsp3) is 0.0769. The minimum Gasteiger partial charge on any atom is -0.481 e. The lowest BCUT2D eigenvalue weighted by Crippen LogP contribution is -1.86. The summed E-state index contributed by atoms with van der Waals surface area (Å²) in [4.78, 5) is 19.8. The summed E-state index contributed by atoms with van der Waals surface area (Å²) < 4.78 is 5.07. The predicted octanol–water partition coefficient (Wildman–Crippen LogP) is 3.28. The topological polar surface area (TPSA) is 78.2 Å². The summed E-state index contributed by atoms with van der Waals surface area (Å²) in [6, 6.07) is 9.90. The summed E-state index contributed by atoms with van der Waals surface area (Å²) in [5, 5.41) is 11.4. The van der Waals surface area contributed by atoms with Crippen molar-refractivity contribution in [3.8, 4) is 16.5 Å². The van der Waals surface area contributed by atoms with Crippen LogP contribution >= 0.6 is 11.3 Å².